The summed E-state index contributed by atoms with van der Waals surface area (Å²) in [5, 5.41) is 5.40. The number of nitrogens with zero attached hydrogens (tertiary/aromatic N) is 4. The number of hydrogen-bond donors (Lipinski definition) is 1. The standard InChI is InChI=1S/C40H41N5O4/c1-26-21-30(24-45(23-26)39(47)48-25-28-9-5-4-6-10-28)43-38-42-20-16-34(44-38)33-13-8-19-41-37(33)49-36-27(2)14-15-31-29(11-7-12-32(31)36)22-35(46)40(3)17-18-40/h4-16,19-20,26,30H,17-18,21-25H2,1-3H3,(H,42,43,44)/t26-,30+/m1/s1. The van der Waals surface area contributed by atoms with Gasteiger partial charge in [0.15, 0.2) is 0 Å². The zero-order chi connectivity index (χ0) is 34.0. The van der Waals surface area contributed by atoms with E-state index in [9.17, 15) is 9.59 Å². The third-order valence-electron chi connectivity index (χ3n) is 9.68. The van der Waals surface area contributed by atoms with Crippen LogP contribution in [0, 0.1) is 18.3 Å². The molecule has 3 aromatic carbocycles. The van der Waals surface area contributed by atoms with Gasteiger partial charge in [0.25, 0.3) is 0 Å². The fourth-order valence-corrected chi connectivity index (χ4v) is 6.59. The van der Waals surface area contributed by atoms with Gasteiger partial charge in [-0.05, 0) is 72.4 Å². The van der Waals surface area contributed by atoms with Crippen molar-refractivity contribution in [2.75, 3.05) is 18.4 Å². The number of aryl methyl sites for hydroxylation is 1. The van der Waals surface area contributed by atoms with Crippen LogP contribution in [0.25, 0.3) is 22.0 Å². The molecule has 1 amide bonds. The van der Waals surface area contributed by atoms with E-state index < -0.39 is 0 Å². The number of piperidine rings is 1. The molecule has 0 unspecified atom stereocenters. The summed E-state index contributed by atoms with van der Waals surface area (Å²) in [4.78, 5) is 41.7. The van der Waals surface area contributed by atoms with Gasteiger partial charge >= 0.3 is 6.09 Å². The van der Waals surface area contributed by atoms with Crippen molar-refractivity contribution in [1.29, 1.82) is 0 Å². The van der Waals surface area contributed by atoms with Gasteiger partial charge in [-0.3, -0.25) is 4.79 Å². The highest BCUT2D eigenvalue weighted by atomic mass is 16.6. The zero-order valence-corrected chi connectivity index (χ0v) is 28.2. The topological polar surface area (TPSA) is 107 Å². The molecule has 9 heteroatoms. The van der Waals surface area contributed by atoms with Crippen LogP contribution in [0.1, 0.15) is 49.8 Å². The number of likely N-dealkylation sites (tertiary alicyclic amines) is 1. The minimum atomic E-state index is -0.325. The number of pyridine rings is 1. The molecule has 2 aliphatic rings. The normalized spacial score (nSPS) is 18.1. The van der Waals surface area contributed by atoms with Crippen molar-refractivity contribution in [2.24, 2.45) is 11.3 Å². The predicted octanol–water partition coefficient (Wildman–Crippen LogP) is 8.16. The second-order valence-corrected chi connectivity index (χ2v) is 13.7. The molecule has 1 N–H and O–H groups in total. The van der Waals surface area contributed by atoms with Crippen LogP contribution in [0.15, 0.2) is 91.3 Å². The van der Waals surface area contributed by atoms with E-state index in [4.69, 9.17) is 14.5 Å². The van der Waals surface area contributed by atoms with Crippen LogP contribution < -0.4 is 10.1 Å². The Hall–Kier alpha value is -5.31. The van der Waals surface area contributed by atoms with Crippen molar-refractivity contribution in [3.63, 3.8) is 0 Å². The molecule has 1 saturated heterocycles. The highest BCUT2D eigenvalue weighted by Gasteiger charge is 2.44. The number of amides is 1. The minimum Gasteiger partial charge on any atom is -0.445 e. The molecule has 1 aliphatic heterocycles. The molecule has 9 nitrogen and oxygen atoms in total. The average molecular weight is 656 g/mol. The lowest BCUT2D eigenvalue weighted by Gasteiger charge is -2.36. The fourth-order valence-electron chi connectivity index (χ4n) is 6.59. The summed E-state index contributed by atoms with van der Waals surface area (Å²) >= 11 is 0. The Morgan fingerprint density at radius 3 is 2.57 bits per heavy atom. The molecule has 5 aromatic rings. The first-order valence-electron chi connectivity index (χ1n) is 17.0. The minimum absolute atomic E-state index is 0.0465. The van der Waals surface area contributed by atoms with Gasteiger partial charge in [0, 0.05) is 48.7 Å². The Morgan fingerprint density at radius 1 is 0.918 bits per heavy atom. The van der Waals surface area contributed by atoms with Crippen LogP contribution in [-0.2, 0) is 22.6 Å². The summed E-state index contributed by atoms with van der Waals surface area (Å²) < 4.78 is 12.2. The molecule has 2 fully saturated rings. The van der Waals surface area contributed by atoms with Gasteiger partial charge in [-0.15, -0.1) is 0 Å². The molecule has 0 bridgehead atoms. The molecule has 7 rings (SSSR count). The molecule has 250 valence electrons. The van der Waals surface area contributed by atoms with Crippen molar-refractivity contribution < 1.29 is 19.1 Å². The second-order valence-electron chi connectivity index (χ2n) is 13.7. The highest BCUT2D eigenvalue weighted by Crippen LogP contribution is 2.47. The molecule has 2 aromatic heterocycles. The van der Waals surface area contributed by atoms with Crippen LogP contribution in [0.3, 0.4) is 0 Å². The number of hydrogen-bond acceptors (Lipinski definition) is 8. The molecule has 3 heterocycles. The monoisotopic (exact) mass is 655 g/mol. The molecule has 0 radical (unpaired) electrons. The van der Waals surface area contributed by atoms with Gasteiger partial charge in [-0.2, -0.15) is 0 Å². The number of benzene rings is 3. The van der Waals surface area contributed by atoms with E-state index in [0.29, 0.717) is 48.6 Å². The predicted molar refractivity (Wildman–Crippen MR) is 189 cm³/mol. The molecule has 2 atom stereocenters. The Kier molecular flexibility index (Phi) is 8.99. The van der Waals surface area contributed by atoms with E-state index in [0.717, 1.165) is 52.3 Å². The van der Waals surface area contributed by atoms with Gasteiger partial charge in [-0.25, -0.2) is 19.7 Å². The molecule has 49 heavy (non-hydrogen) atoms. The van der Waals surface area contributed by atoms with Crippen molar-refractivity contribution in [2.45, 2.75) is 59.1 Å². The Bertz CT molecular complexity index is 1990. The summed E-state index contributed by atoms with van der Waals surface area (Å²) in [6.07, 6.45) is 6.30. The van der Waals surface area contributed by atoms with Crippen molar-refractivity contribution >= 4 is 28.6 Å². The van der Waals surface area contributed by atoms with Crippen LogP contribution in [-0.4, -0.2) is 50.9 Å². The van der Waals surface area contributed by atoms with Crippen LogP contribution >= 0.6 is 0 Å². The van der Waals surface area contributed by atoms with Crippen molar-refractivity contribution in [3.05, 3.63) is 108 Å². The molecule has 0 spiro atoms. The second kappa shape index (κ2) is 13.7. The number of fused-ring (bicyclic) bond motifs is 1. The highest BCUT2D eigenvalue weighted by molar-refractivity contribution is 5.97. The number of anilines is 1. The van der Waals surface area contributed by atoms with Crippen LogP contribution in [0.4, 0.5) is 10.7 Å². The first kappa shape index (κ1) is 32.2. The maximum Gasteiger partial charge on any atom is 0.410 e. The molecular weight excluding hydrogens is 614 g/mol. The fraction of sp³-hybridized carbons (Fsp3) is 0.325. The Balaban J connectivity index is 1.09. The average Bonchev–Trinajstić information content (AvgIpc) is 3.87. The lowest BCUT2D eigenvalue weighted by atomic mass is 9.93. The third-order valence-corrected chi connectivity index (χ3v) is 9.68. The van der Waals surface area contributed by atoms with Crippen LogP contribution in [0.5, 0.6) is 11.6 Å². The van der Waals surface area contributed by atoms with E-state index in [1.165, 1.54) is 0 Å². The molecular formula is C40H41N5O4. The van der Waals surface area contributed by atoms with E-state index in [-0.39, 0.29) is 30.1 Å². The zero-order valence-electron chi connectivity index (χ0n) is 28.2. The summed E-state index contributed by atoms with van der Waals surface area (Å²) in [5.74, 6) is 2.16. The lowest BCUT2D eigenvalue weighted by Crippen LogP contribution is -2.48. The Labute approximate surface area is 286 Å². The van der Waals surface area contributed by atoms with Gasteiger partial charge in [0.1, 0.15) is 18.1 Å². The van der Waals surface area contributed by atoms with Gasteiger partial charge in [0.05, 0.1) is 11.3 Å². The molecule has 1 aliphatic carbocycles. The number of ketones is 1. The summed E-state index contributed by atoms with van der Waals surface area (Å²) in [6.45, 7) is 7.56. The van der Waals surface area contributed by atoms with Gasteiger partial charge < -0.3 is 19.7 Å². The smallest absolute Gasteiger partial charge is 0.410 e. The largest absolute Gasteiger partial charge is 0.445 e. The van der Waals surface area contributed by atoms with Crippen molar-refractivity contribution in [1.82, 2.24) is 19.9 Å². The number of nitrogens with one attached hydrogen (secondary N) is 1. The first-order valence-corrected chi connectivity index (χ1v) is 17.0. The number of aromatic nitrogens is 3. The number of carbonyl (C=O) groups excluding carboxylic acids is 2. The number of carbonyl (C=O) groups is 2. The third kappa shape index (κ3) is 7.26. The van der Waals surface area contributed by atoms with Gasteiger partial charge in [-0.1, -0.05) is 74.5 Å². The number of Topliss-reactive ketones (excluding diaryl/α,β-unsaturated/α-hetero) is 1. The lowest BCUT2D eigenvalue weighted by molar-refractivity contribution is -0.122. The summed E-state index contributed by atoms with van der Waals surface area (Å²) in [5.41, 5.74) is 4.13. The number of rotatable bonds is 10. The maximum absolute atomic E-state index is 13.0. The first-order chi connectivity index (χ1) is 23.8. The Morgan fingerprint density at radius 2 is 1.76 bits per heavy atom. The van der Waals surface area contributed by atoms with E-state index in [1.807, 2.05) is 79.7 Å². The summed E-state index contributed by atoms with van der Waals surface area (Å²) in [7, 11) is 0. The van der Waals surface area contributed by atoms with Crippen molar-refractivity contribution in [3.8, 4) is 22.9 Å². The summed E-state index contributed by atoms with van der Waals surface area (Å²) in [6, 6.07) is 25.4. The van der Waals surface area contributed by atoms with E-state index >= 15 is 0 Å². The van der Waals surface area contributed by atoms with Crippen LogP contribution in [0.2, 0.25) is 0 Å². The molecule has 1 saturated carbocycles. The number of ether oxygens (including phenoxy) is 2. The quantitative estimate of drug-likeness (QED) is 0.161. The maximum atomic E-state index is 13.0. The van der Waals surface area contributed by atoms with Gasteiger partial charge in [0.2, 0.25) is 11.8 Å². The van der Waals surface area contributed by atoms with E-state index in [1.54, 1.807) is 17.3 Å². The van der Waals surface area contributed by atoms with E-state index in [2.05, 4.69) is 35.2 Å². The SMILES string of the molecule is Cc1ccc2c(CC(=O)C3(C)CC3)cccc2c1Oc1ncccc1-c1ccnc(N[C@H]2C[C@@H](C)CN(C(=O)OCc3ccccc3)C2)n1.